The Hall–Kier alpha value is -1.83. The van der Waals surface area contributed by atoms with Gasteiger partial charge in [0.25, 0.3) is 0 Å². The quantitative estimate of drug-likeness (QED) is 0.672. The fraction of sp³-hybridized carbons (Fsp3) is 0.667. The Bertz CT molecular complexity index is 608. The van der Waals surface area contributed by atoms with Gasteiger partial charge in [0.15, 0.2) is 5.78 Å². The number of nitrogens with one attached hydrogen (secondary N) is 1. The molecule has 0 aliphatic carbocycles. The lowest BCUT2D eigenvalue weighted by Crippen LogP contribution is -2.46. The summed E-state index contributed by atoms with van der Waals surface area (Å²) in [7, 11) is 0. The minimum absolute atomic E-state index is 0.00851. The molecule has 0 unspecified atom stereocenters. The van der Waals surface area contributed by atoms with Gasteiger partial charge >= 0.3 is 0 Å². The highest BCUT2D eigenvalue weighted by Gasteiger charge is 2.32. The summed E-state index contributed by atoms with van der Waals surface area (Å²) >= 11 is 1.25. The van der Waals surface area contributed by atoms with Crippen LogP contribution in [-0.4, -0.2) is 64.7 Å². The predicted octanol–water partition coefficient (Wildman–Crippen LogP) is 1.39. The first-order valence-corrected chi connectivity index (χ1v) is 9.70. The van der Waals surface area contributed by atoms with Crippen LogP contribution in [0.1, 0.15) is 41.5 Å². The molecule has 1 N–H and O–H groups in total. The summed E-state index contributed by atoms with van der Waals surface area (Å²) in [6.45, 7) is 11.0. The fourth-order valence-corrected chi connectivity index (χ4v) is 3.12. The van der Waals surface area contributed by atoms with Gasteiger partial charge in [0, 0.05) is 24.1 Å². The number of ketones is 1. The van der Waals surface area contributed by atoms with Crippen LogP contribution in [0.2, 0.25) is 0 Å². The van der Waals surface area contributed by atoms with Crippen LogP contribution < -0.4 is 5.32 Å². The van der Waals surface area contributed by atoms with E-state index in [1.165, 1.54) is 27.6 Å². The van der Waals surface area contributed by atoms with Gasteiger partial charge in [-0.2, -0.15) is 0 Å². The van der Waals surface area contributed by atoms with Crippen LogP contribution in [0.4, 0.5) is 0 Å². The summed E-state index contributed by atoms with van der Waals surface area (Å²) in [6, 6.07) is -0.00851. The van der Waals surface area contributed by atoms with Gasteiger partial charge in [0.05, 0.1) is 17.3 Å². The van der Waals surface area contributed by atoms with E-state index in [9.17, 15) is 19.2 Å². The van der Waals surface area contributed by atoms with Gasteiger partial charge in [-0.05, 0) is 20.8 Å². The van der Waals surface area contributed by atoms with E-state index in [-0.39, 0.29) is 48.4 Å². The summed E-state index contributed by atoms with van der Waals surface area (Å²) in [4.78, 5) is 51.5. The number of amides is 3. The summed E-state index contributed by atoms with van der Waals surface area (Å²) in [5.74, 6) is -0.668. The van der Waals surface area contributed by atoms with Crippen molar-refractivity contribution >= 4 is 35.3 Å². The third-order valence-corrected chi connectivity index (χ3v) is 4.74. The van der Waals surface area contributed by atoms with Crippen LogP contribution in [0, 0.1) is 5.41 Å². The monoisotopic (exact) mass is 383 g/mol. The molecule has 0 aromatic rings. The number of hydrogen-bond donors (Lipinski definition) is 1. The van der Waals surface area contributed by atoms with Crippen molar-refractivity contribution in [2.75, 3.05) is 25.4 Å². The summed E-state index contributed by atoms with van der Waals surface area (Å²) in [5, 5.41) is 3.23. The van der Waals surface area contributed by atoms with Crippen LogP contribution in [0.15, 0.2) is 11.1 Å². The number of carbonyl (C=O) groups is 4. The Balaban J connectivity index is 2.83. The SMILES string of the molecule is CCN(CC(=O)NC(C)C)C(=O)CN1C(=O)CS/C1=C/C(=O)C(C)(C)C. The molecule has 0 atom stereocenters. The summed E-state index contributed by atoms with van der Waals surface area (Å²) in [5.41, 5.74) is -0.556. The van der Waals surface area contributed by atoms with Crippen LogP contribution in [0.5, 0.6) is 0 Å². The maximum Gasteiger partial charge on any atom is 0.243 e. The predicted molar refractivity (Wildman–Crippen MR) is 102 cm³/mol. The van der Waals surface area contributed by atoms with Crippen molar-refractivity contribution in [1.29, 1.82) is 0 Å². The maximum absolute atomic E-state index is 12.6. The molecule has 26 heavy (non-hydrogen) atoms. The zero-order valence-electron chi connectivity index (χ0n) is 16.4. The van der Waals surface area contributed by atoms with Gasteiger partial charge in [0.1, 0.15) is 6.54 Å². The van der Waals surface area contributed by atoms with Crippen molar-refractivity contribution in [3.63, 3.8) is 0 Å². The molecule has 1 aliphatic rings. The number of allylic oxidation sites excluding steroid dienone is 1. The zero-order valence-corrected chi connectivity index (χ0v) is 17.2. The normalized spacial score (nSPS) is 16.3. The van der Waals surface area contributed by atoms with E-state index < -0.39 is 5.41 Å². The Morgan fingerprint density at radius 1 is 1.31 bits per heavy atom. The van der Waals surface area contributed by atoms with E-state index >= 15 is 0 Å². The molecule has 3 amide bonds. The van der Waals surface area contributed by atoms with Gasteiger partial charge < -0.3 is 10.2 Å². The third kappa shape index (κ3) is 6.48. The highest BCUT2D eigenvalue weighted by Crippen LogP contribution is 2.30. The van der Waals surface area contributed by atoms with Gasteiger partial charge in [-0.1, -0.05) is 32.5 Å². The first-order valence-electron chi connectivity index (χ1n) is 8.72. The molecule has 146 valence electrons. The van der Waals surface area contributed by atoms with E-state index in [4.69, 9.17) is 0 Å². The molecule has 7 nitrogen and oxygen atoms in total. The lowest BCUT2D eigenvalue weighted by atomic mass is 9.91. The van der Waals surface area contributed by atoms with E-state index in [2.05, 4.69) is 5.32 Å². The molecule has 0 spiro atoms. The van der Waals surface area contributed by atoms with Crippen LogP contribution in [0.3, 0.4) is 0 Å². The Morgan fingerprint density at radius 2 is 1.92 bits per heavy atom. The fourth-order valence-electron chi connectivity index (χ4n) is 2.18. The van der Waals surface area contributed by atoms with E-state index in [1.54, 1.807) is 27.7 Å². The van der Waals surface area contributed by atoms with E-state index in [0.29, 0.717) is 11.6 Å². The highest BCUT2D eigenvalue weighted by atomic mass is 32.2. The molecule has 1 aliphatic heterocycles. The van der Waals surface area contributed by atoms with Crippen molar-refractivity contribution in [3.8, 4) is 0 Å². The number of thioether (sulfide) groups is 1. The molecule has 0 saturated carbocycles. The first-order chi connectivity index (χ1) is 12.0. The van der Waals surface area contributed by atoms with Crippen molar-refractivity contribution in [2.24, 2.45) is 5.41 Å². The lowest BCUT2D eigenvalue weighted by Gasteiger charge is -2.25. The van der Waals surface area contributed by atoms with Gasteiger partial charge in [-0.25, -0.2) is 0 Å². The molecule has 1 saturated heterocycles. The van der Waals surface area contributed by atoms with Crippen molar-refractivity contribution < 1.29 is 19.2 Å². The Morgan fingerprint density at radius 3 is 2.42 bits per heavy atom. The lowest BCUT2D eigenvalue weighted by molar-refractivity contribution is -0.139. The summed E-state index contributed by atoms with van der Waals surface area (Å²) < 4.78 is 0. The van der Waals surface area contributed by atoms with Gasteiger partial charge in [-0.3, -0.25) is 24.1 Å². The molecule has 0 aromatic heterocycles. The number of nitrogens with zero attached hydrogens (tertiary/aromatic N) is 2. The van der Waals surface area contributed by atoms with Crippen LogP contribution >= 0.6 is 11.8 Å². The minimum Gasteiger partial charge on any atom is -0.352 e. The molecule has 1 rings (SSSR count). The van der Waals surface area contributed by atoms with Gasteiger partial charge in [-0.15, -0.1) is 0 Å². The topological polar surface area (TPSA) is 86.8 Å². The number of rotatable bonds is 7. The molecular weight excluding hydrogens is 354 g/mol. The Labute approximate surface area is 159 Å². The van der Waals surface area contributed by atoms with Crippen LogP contribution in [-0.2, 0) is 19.2 Å². The number of likely N-dealkylation sites (N-methyl/N-ethyl adjacent to an activating group) is 1. The molecular formula is C18H29N3O4S. The molecule has 0 radical (unpaired) electrons. The molecule has 0 aromatic carbocycles. The largest absolute Gasteiger partial charge is 0.352 e. The molecule has 1 heterocycles. The number of hydrogen-bond acceptors (Lipinski definition) is 5. The number of carbonyl (C=O) groups excluding carboxylic acids is 4. The Kier molecular flexibility index (Phi) is 7.87. The third-order valence-electron chi connectivity index (χ3n) is 3.72. The zero-order chi connectivity index (χ0) is 20.1. The second kappa shape index (κ2) is 9.21. The van der Waals surface area contributed by atoms with Crippen LogP contribution in [0.25, 0.3) is 0 Å². The van der Waals surface area contributed by atoms with Crippen molar-refractivity contribution in [3.05, 3.63) is 11.1 Å². The maximum atomic E-state index is 12.6. The highest BCUT2D eigenvalue weighted by molar-refractivity contribution is 8.04. The standard InChI is InChI=1S/C18H29N3O4S/c1-7-20(9-14(23)19-12(2)3)15(24)10-21-16(25)11-26-17(21)8-13(22)18(4,5)6/h8,12H,7,9-11H2,1-6H3,(H,19,23)/b17-8+. The van der Waals surface area contributed by atoms with Gasteiger partial charge in [0.2, 0.25) is 17.7 Å². The second-order valence-corrected chi connectivity index (χ2v) is 8.49. The first kappa shape index (κ1) is 22.2. The summed E-state index contributed by atoms with van der Waals surface area (Å²) in [6.07, 6.45) is 1.44. The van der Waals surface area contributed by atoms with E-state index in [1.807, 2.05) is 13.8 Å². The second-order valence-electron chi connectivity index (χ2n) is 7.50. The molecule has 8 heteroatoms. The minimum atomic E-state index is -0.556. The van der Waals surface area contributed by atoms with Crippen molar-refractivity contribution in [1.82, 2.24) is 15.1 Å². The van der Waals surface area contributed by atoms with Crippen molar-refractivity contribution in [2.45, 2.75) is 47.6 Å². The molecule has 1 fully saturated rings. The average molecular weight is 384 g/mol. The molecule has 0 bridgehead atoms. The smallest absolute Gasteiger partial charge is 0.243 e. The van der Waals surface area contributed by atoms with E-state index in [0.717, 1.165) is 0 Å². The average Bonchev–Trinajstić information content (AvgIpc) is 2.83.